The van der Waals surface area contributed by atoms with Gasteiger partial charge in [0.05, 0.1) is 22.9 Å². The summed E-state index contributed by atoms with van der Waals surface area (Å²) in [6.07, 6.45) is 3.53. The van der Waals surface area contributed by atoms with Crippen LogP contribution in [-0.4, -0.2) is 15.0 Å². The van der Waals surface area contributed by atoms with Crippen LogP contribution < -0.4 is 0 Å². The average Bonchev–Trinajstić information content (AvgIpc) is 2.66. The molecule has 3 aromatic rings. The number of fused-ring (bicyclic) bond motifs is 3. The molecule has 0 atom stereocenters. The molecule has 1 N–H and O–H groups in total. The molecule has 0 aliphatic carbocycles. The van der Waals surface area contributed by atoms with Gasteiger partial charge >= 0.3 is 0 Å². The van der Waals surface area contributed by atoms with Crippen LogP contribution in [0, 0.1) is 6.92 Å². The minimum absolute atomic E-state index is 0.999. The van der Waals surface area contributed by atoms with Crippen molar-refractivity contribution in [3.63, 3.8) is 0 Å². The molecule has 2 aromatic heterocycles. The van der Waals surface area contributed by atoms with E-state index >= 15 is 0 Å². The third-order valence-corrected chi connectivity index (χ3v) is 2.47. The Morgan fingerprint density at radius 1 is 1.21 bits per heavy atom. The minimum atomic E-state index is 0.999. The number of nitrogens with one attached hydrogen (secondary N) is 1. The molecule has 1 aromatic carbocycles. The van der Waals surface area contributed by atoms with Crippen LogP contribution in [0.1, 0.15) is 5.56 Å². The highest BCUT2D eigenvalue weighted by Gasteiger charge is 2.05. The summed E-state index contributed by atoms with van der Waals surface area (Å²) in [5, 5.41) is 1.11. The van der Waals surface area contributed by atoms with E-state index in [1.165, 1.54) is 5.56 Å². The Labute approximate surface area is 80.8 Å². The van der Waals surface area contributed by atoms with Gasteiger partial charge in [-0.15, -0.1) is 0 Å². The molecule has 0 radical (unpaired) electrons. The van der Waals surface area contributed by atoms with Gasteiger partial charge in [-0.1, -0.05) is 0 Å². The first-order valence-electron chi connectivity index (χ1n) is 4.53. The molecule has 0 aliphatic heterocycles. The number of nitrogens with zero attached hydrogens (tertiary/aromatic N) is 2. The fourth-order valence-corrected chi connectivity index (χ4v) is 1.82. The summed E-state index contributed by atoms with van der Waals surface area (Å²) in [6, 6.07) is 6.08. The van der Waals surface area contributed by atoms with Crippen molar-refractivity contribution < 1.29 is 0 Å². The maximum absolute atomic E-state index is 4.36. The van der Waals surface area contributed by atoms with Crippen LogP contribution in [0.5, 0.6) is 0 Å². The Morgan fingerprint density at radius 2 is 2.14 bits per heavy atom. The van der Waals surface area contributed by atoms with E-state index in [-0.39, 0.29) is 0 Å². The van der Waals surface area contributed by atoms with E-state index in [1.807, 2.05) is 12.3 Å². The SMILES string of the molecule is Cc1cc2[nH]cnc2c2cccnc12. The monoisotopic (exact) mass is 183 g/mol. The molecule has 0 unspecified atom stereocenters. The van der Waals surface area contributed by atoms with Crippen LogP contribution in [0.2, 0.25) is 0 Å². The van der Waals surface area contributed by atoms with Crippen molar-refractivity contribution in [2.45, 2.75) is 6.92 Å². The quantitative estimate of drug-likeness (QED) is 0.581. The molecule has 0 fully saturated rings. The first-order valence-corrected chi connectivity index (χ1v) is 4.53. The molecule has 0 saturated heterocycles. The largest absolute Gasteiger partial charge is 0.345 e. The molecule has 0 aliphatic rings. The number of hydrogen-bond donors (Lipinski definition) is 1. The molecule has 0 amide bonds. The summed E-state index contributed by atoms with van der Waals surface area (Å²) < 4.78 is 0. The van der Waals surface area contributed by atoms with Gasteiger partial charge in [-0.05, 0) is 30.7 Å². The summed E-state index contributed by atoms with van der Waals surface area (Å²) in [5.74, 6) is 0. The van der Waals surface area contributed by atoms with Gasteiger partial charge in [-0.2, -0.15) is 0 Å². The van der Waals surface area contributed by atoms with Crippen molar-refractivity contribution in [3.8, 4) is 0 Å². The maximum Gasteiger partial charge on any atom is 0.0976 e. The zero-order valence-corrected chi connectivity index (χ0v) is 7.78. The molecule has 14 heavy (non-hydrogen) atoms. The van der Waals surface area contributed by atoms with Crippen molar-refractivity contribution in [1.29, 1.82) is 0 Å². The van der Waals surface area contributed by atoms with Gasteiger partial charge in [0.15, 0.2) is 0 Å². The van der Waals surface area contributed by atoms with Crippen molar-refractivity contribution in [1.82, 2.24) is 15.0 Å². The van der Waals surface area contributed by atoms with Gasteiger partial charge in [0.1, 0.15) is 0 Å². The molecule has 0 spiro atoms. The summed E-state index contributed by atoms with van der Waals surface area (Å²) in [7, 11) is 0. The van der Waals surface area contributed by atoms with E-state index in [0.29, 0.717) is 0 Å². The van der Waals surface area contributed by atoms with Gasteiger partial charge in [0.25, 0.3) is 0 Å². The first-order chi connectivity index (χ1) is 6.86. The second-order valence-electron chi connectivity index (χ2n) is 3.39. The van der Waals surface area contributed by atoms with Gasteiger partial charge in [-0.3, -0.25) is 4.98 Å². The number of aromatic nitrogens is 3. The second kappa shape index (κ2) is 2.54. The molecular weight excluding hydrogens is 174 g/mol. The second-order valence-corrected chi connectivity index (χ2v) is 3.39. The van der Waals surface area contributed by atoms with Gasteiger partial charge in [-0.25, -0.2) is 4.98 Å². The van der Waals surface area contributed by atoms with Gasteiger partial charge in [0, 0.05) is 11.6 Å². The molecule has 0 saturated carbocycles. The van der Waals surface area contributed by atoms with Crippen LogP contribution in [0.4, 0.5) is 0 Å². The van der Waals surface area contributed by atoms with E-state index in [1.54, 1.807) is 6.33 Å². The number of benzene rings is 1. The van der Waals surface area contributed by atoms with Crippen LogP contribution >= 0.6 is 0 Å². The number of hydrogen-bond acceptors (Lipinski definition) is 2. The lowest BCUT2D eigenvalue weighted by Crippen LogP contribution is -1.84. The smallest absolute Gasteiger partial charge is 0.0976 e. The van der Waals surface area contributed by atoms with Crippen LogP contribution in [-0.2, 0) is 0 Å². The zero-order valence-electron chi connectivity index (χ0n) is 7.78. The Bertz CT molecular complexity index is 610. The normalized spacial score (nSPS) is 11.2. The van der Waals surface area contributed by atoms with Crippen LogP contribution in [0.15, 0.2) is 30.7 Å². The predicted molar refractivity (Wildman–Crippen MR) is 56.1 cm³/mol. The molecule has 3 nitrogen and oxygen atoms in total. The number of H-pyrrole nitrogens is 1. The molecule has 2 heterocycles. The number of aryl methyl sites for hydroxylation is 1. The summed E-state index contributed by atoms with van der Waals surface area (Å²) >= 11 is 0. The van der Waals surface area contributed by atoms with E-state index in [4.69, 9.17) is 0 Å². The molecule has 0 bridgehead atoms. The molecule has 3 heteroatoms. The Hall–Kier alpha value is -1.90. The third-order valence-electron chi connectivity index (χ3n) is 2.47. The number of imidazole rings is 1. The Kier molecular flexibility index (Phi) is 1.36. The topological polar surface area (TPSA) is 41.6 Å². The Balaban J connectivity index is 2.67. The Morgan fingerprint density at radius 3 is 3.07 bits per heavy atom. The summed E-state index contributed by atoms with van der Waals surface area (Å²) in [4.78, 5) is 11.8. The highest BCUT2D eigenvalue weighted by molar-refractivity contribution is 6.03. The van der Waals surface area contributed by atoms with Gasteiger partial charge < -0.3 is 4.98 Å². The van der Waals surface area contributed by atoms with Gasteiger partial charge in [0.2, 0.25) is 0 Å². The van der Waals surface area contributed by atoms with Crippen LogP contribution in [0.25, 0.3) is 21.9 Å². The molecule has 68 valence electrons. The summed E-state index contributed by atoms with van der Waals surface area (Å²) in [6.45, 7) is 2.07. The summed E-state index contributed by atoms with van der Waals surface area (Å²) in [5.41, 5.74) is 4.28. The van der Waals surface area contributed by atoms with Crippen molar-refractivity contribution in [2.75, 3.05) is 0 Å². The highest BCUT2D eigenvalue weighted by atomic mass is 14.9. The van der Waals surface area contributed by atoms with Crippen molar-refractivity contribution in [3.05, 3.63) is 36.3 Å². The minimum Gasteiger partial charge on any atom is -0.345 e. The van der Waals surface area contributed by atoms with E-state index in [9.17, 15) is 0 Å². The predicted octanol–water partition coefficient (Wildman–Crippen LogP) is 2.42. The van der Waals surface area contributed by atoms with E-state index in [0.717, 1.165) is 21.9 Å². The van der Waals surface area contributed by atoms with Crippen molar-refractivity contribution in [2.24, 2.45) is 0 Å². The third kappa shape index (κ3) is 0.865. The lowest BCUT2D eigenvalue weighted by atomic mass is 10.1. The lowest BCUT2D eigenvalue weighted by Gasteiger charge is -2.00. The molecular formula is C11H9N3. The lowest BCUT2D eigenvalue weighted by molar-refractivity contribution is 1.34. The number of pyridine rings is 1. The average molecular weight is 183 g/mol. The zero-order chi connectivity index (χ0) is 9.54. The van der Waals surface area contributed by atoms with E-state index in [2.05, 4.69) is 34.0 Å². The maximum atomic E-state index is 4.36. The van der Waals surface area contributed by atoms with Crippen LogP contribution in [0.3, 0.4) is 0 Å². The van der Waals surface area contributed by atoms with E-state index < -0.39 is 0 Å². The first kappa shape index (κ1) is 7.50. The fraction of sp³-hybridized carbons (Fsp3) is 0.0909. The number of rotatable bonds is 0. The van der Waals surface area contributed by atoms with Crippen molar-refractivity contribution >= 4 is 21.9 Å². The molecule has 3 rings (SSSR count). The fourth-order valence-electron chi connectivity index (χ4n) is 1.82. The standard InChI is InChI=1S/C11H9N3/c1-7-5-9-11(14-6-13-9)8-3-2-4-12-10(7)8/h2-6H,1H3,(H,13,14). The number of aromatic amines is 1. The highest BCUT2D eigenvalue weighted by Crippen LogP contribution is 2.23.